The number of H-pyrrole nitrogens is 1. The Bertz CT molecular complexity index is 1150. The Hall–Kier alpha value is -3.22. The predicted octanol–water partition coefficient (Wildman–Crippen LogP) is 3.16. The number of benzene rings is 1. The molecule has 6 nitrogen and oxygen atoms in total. The second kappa shape index (κ2) is 5.66. The first-order valence-corrected chi connectivity index (χ1v) is 8.58. The Labute approximate surface area is 148 Å². The van der Waals surface area contributed by atoms with Gasteiger partial charge in [0.2, 0.25) is 0 Å². The SMILES string of the molecule is O=C(NC1CCCc2c1[nH]c1ccc(F)cc21)c1cn2ccnc2cn1. The average molecular weight is 349 g/mol. The second-order valence-corrected chi connectivity index (χ2v) is 6.59. The van der Waals surface area contributed by atoms with Gasteiger partial charge in [0.1, 0.15) is 11.5 Å². The minimum Gasteiger partial charge on any atom is -0.356 e. The van der Waals surface area contributed by atoms with Crippen LogP contribution in [0.3, 0.4) is 0 Å². The molecule has 1 aromatic carbocycles. The summed E-state index contributed by atoms with van der Waals surface area (Å²) >= 11 is 0. The largest absolute Gasteiger partial charge is 0.356 e. The van der Waals surface area contributed by atoms with Gasteiger partial charge in [0.15, 0.2) is 5.65 Å². The van der Waals surface area contributed by atoms with E-state index in [2.05, 4.69) is 20.3 Å². The fourth-order valence-electron chi connectivity index (χ4n) is 3.75. The number of aromatic amines is 1. The molecule has 0 saturated heterocycles. The van der Waals surface area contributed by atoms with E-state index in [1.54, 1.807) is 41.3 Å². The third-order valence-corrected chi connectivity index (χ3v) is 4.99. The first-order valence-electron chi connectivity index (χ1n) is 8.58. The lowest BCUT2D eigenvalue weighted by molar-refractivity contribution is 0.0926. The van der Waals surface area contributed by atoms with Crippen molar-refractivity contribution in [2.75, 3.05) is 0 Å². The molecule has 3 aromatic heterocycles. The van der Waals surface area contributed by atoms with Crippen LogP contribution >= 0.6 is 0 Å². The number of nitrogens with one attached hydrogen (secondary N) is 2. The van der Waals surface area contributed by atoms with E-state index in [0.717, 1.165) is 41.4 Å². The summed E-state index contributed by atoms with van der Waals surface area (Å²) in [5, 5.41) is 3.96. The van der Waals surface area contributed by atoms with E-state index in [4.69, 9.17) is 0 Å². The molecule has 1 atom stereocenters. The molecule has 2 N–H and O–H groups in total. The molecular formula is C19H16FN5O. The minimum atomic E-state index is -0.247. The molecule has 0 bridgehead atoms. The Morgan fingerprint density at radius 3 is 3.19 bits per heavy atom. The maximum absolute atomic E-state index is 13.6. The zero-order valence-corrected chi connectivity index (χ0v) is 13.9. The molecule has 0 aliphatic heterocycles. The maximum atomic E-state index is 13.6. The molecular weight excluding hydrogens is 333 g/mol. The quantitative estimate of drug-likeness (QED) is 0.584. The highest BCUT2D eigenvalue weighted by Crippen LogP contribution is 2.35. The van der Waals surface area contributed by atoms with Crippen molar-refractivity contribution < 1.29 is 9.18 Å². The van der Waals surface area contributed by atoms with Crippen LogP contribution in [0.2, 0.25) is 0 Å². The van der Waals surface area contributed by atoms with Gasteiger partial charge in [-0.2, -0.15) is 0 Å². The highest BCUT2D eigenvalue weighted by molar-refractivity contribution is 5.93. The van der Waals surface area contributed by atoms with Gasteiger partial charge in [0, 0.05) is 35.2 Å². The number of carbonyl (C=O) groups excluding carboxylic acids is 1. The molecule has 1 unspecified atom stereocenters. The molecule has 5 rings (SSSR count). The zero-order valence-electron chi connectivity index (χ0n) is 13.9. The van der Waals surface area contributed by atoms with Crippen LogP contribution in [0, 0.1) is 5.82 Å². The number of imidazole rings is 1. The lowest BCUT2D eigenvalue weighted by Crippen LogP contribution is -2.31. The molecule has 7 heteroatoms. The molecule has 0 radical (unpaired) electrons. The molecule has 1 amide bonds. The van der Waals surface area contributed by atoms with Gasteiger partial charge in [-0.15, -0.1) is 0 Å². The van der Waals surface area contributed by atoms with Gasteiger partial charge in [-0.1, -0.05) is 0 Å². The lowest BCUT2D eigenvalue weighted by Gasteiger charge is -2.23. The minimum absolute atomic E-state index is 0.137. The molecule has 0 spiro atoms. The fourth-order valence-corrected chi connectivity index (χ4v) is 3.75. The monoisotopic (exact) mass is 349 g/mol. The number of rotatable bonds is 2. The number of nitrogens with zero attached hydrogens (tertiary/aromatic N) is 3. The lowest BCUT2D eigenvalue weighted by atomic mass is 9.91. The van der Waals surface area contributed by atoms with E-state index in [0.29, 0.717) is 11.3 Å². The third-order valence-electron chi connectivity index (χ3n) is 4.99. The number of aryl methyl sites for hydroxylation is 1. The zero-order chi connectivity index (χ0) is 17.7. The first-order chi connectivity index (χ1) is 12.7. The van der Waals surface area contributed by atoms with Gasteiger partial charge in [0.25, 0.3) is 5.91 Å². The van der Waals surface area contributed by atoms with Crippen LogP contribution in [0.15, 0.2) is 43.0 Å². The van der Waals surface area contributed by atoms with Crippen LogP contribution in [0.25, 0.3) is 16.6 Å². The smallest absolute Gasteiger partial charge is 0.271 e. The second-order valence-electron chi connectivity index (χ2n) is 6.59. The molecule has 130 valence electrons. The van der Waals surface area contributed by atoms with E-state index in [1.807, 2.05) is 0 Å². The summed E-state index contributed by atoms with van der Waals surface area (Å²) in [6.07, 6.45) is 9.34. The van der Waals surface area contributed by atoms with Crippen LogP contribution in [-0.4, -0.2) is 25.3 Å². The van der Waals surface area contributed by atoms with Crippen LogP contribution in [0.4, 0.5) is 4.39 Å². The molecule has 26 heavy (non-hydrogen) atoms. The Kier molecular flexibility index (Phi) is 3.28. The third kappa shape index (κ3) is 2.35. The average Bonchev–Trinajstić information content (AvgIpc) is 3.25. The number of amides is 1. The van der Waals surface area contributed by atoms with E-state index in [-0.39, 0.29) is 17.8 Å². The van der Waals surface area contributed by atoms with Crippen molar-refractivity contribution in [2.45, 2.75) is 25.3 Å². The summed E-state index contributed by atoms with van der Waals surface area (Å²) in [5.41, 5.74) is 3.99. The summed E-state index contributed by atoms with van der Waals surface area (Å²) in [7, 11) is 0. The standard InChI is InChI=1S/C19H16FN5O/c20-11-4-5-14-13(8-11)12-2-1-3-15(18(12)23-14)24-19(26)16-10-25-7-6-21-17(25)9-22-16/h4-10,15,23H,1-3H2,(H,24,26). The number of halogens is 1. The number of hydrogen-bond donors (Lipinski definition) is 2. The van der Waals surface area contributed by atoms with Gasteiger partial charge in [-0.05, 0) is 43.0 Å². The van der Waals surface area contributed by atoms with Gasteiger partial charge in [-0.3, -0.25) is 4.79 Å². The Balaban J connectivity index is 1.48. The molecule has 0 fully saturated rings. The normalized spacial score (nSPS) is 16.7. The van der Waals surface area contributed by atoms with Crippen LogP contribution in [-0.2, 0) is 6.42 Å². The van der Waals surface area contributed by atoms with Crippen molar-refractivity contribution in [1.82, 2.24) is 24.7 Å². The molecule has 1 aliphatic rings. The van der Waals surface area contributed by atoms with Crippen LogP contribution < -0.4 is 5.32 Å². The Morgan fingerprint density at radius 2 is 2.27 bits per heavy atom. The topological polar surface area (TPSA) is 75.1 Å². The number of aromatic nitrogens is 4. The Morgan fingerprint density at radius 1 is 1.35 bits per heavy atom. The highest BCUT2D eigenvalue weighted by atomic mass is 19.1. The van der Waals surface area contributed by atoms with Crippen molar-refractivity contribution in [3.05, 3.63) is 65.8 Å². The van der Waals surface area contributed by atoms with E-state index in [1.165, 1.54) is 6.07 Å². The van der Waals surface area contributed by atoms with Gasteiger partial charge >= 0.3 is 0 Å². The van der Waals surface area contributed by atoms with E-state index < -0.39 is 0 Å². The maximum Gasteiger partial charge on any atom is 0.271 e. The van der Waals surface area contributed by atoms with Crippen LogP contribution in [0.5, 0.6) is 0 Å². The van der Waals surface area contributed by atoms with Crippen LogP contribution in [0.1, 0.15) is 40.6 Å². The van der Waals surface area contributed by atoms with Crippen molar-refractivity contribution in [1.29, 1.82) is 0 Å². The summed E-state index contributed by atoms with van der Waals surface area (Å²) in [6.45, 7) is 0. The van der Waals surface area contributed by atoms with Gasteiger partial charge in [0.05, 0.1) is 12.2 Å². The van der Waals surface area contributed by atoms with Gasteiger partial charge < -0.3 is 14.7 Å². The first kappa shape index (κ1) is 15.1. The predicted molar refractivity (Wildman–Crippen MR) is 94.4 cm³/mol. The van der Waals surface area contributed by atoms with Gasteiger partial charge in [-0.25, -0.2) is 14.4 Å². The van der Waals surface area contributed by atoms with Crippen molar-refractivity contribution in [2.24, 2.45) is 0 Å². The summed E-state index contributed by atoms with van der Waals surface area (Å²) in [5.74, 6) is -0.480. The molecule has 1 aliphatic carbocycles. The summed E-state index contributed by atoms with van der Waals surface area (Å²) < 4.78 is 15.4. The van der Waals surface area contributed by atoms with Crippen molar-refractivity contribution in [3.63, 3.8) is 0 Å². The molecule has 3 heterocycles. The van der Waals surface area contributed by atoms with Crippen molar-refractivity contribution >= 4 is 22.5 Å². The highest BCUT2D eigenvalue weighted by Gasteiger charge is 2.26. The fraction of sp³-hybridized carbons (Fsp3) is 0.211. The summed E-state index contributed by atoms with van der Waals surface area (Å²) in [4.78, 5) is 24.4. The molecule has 0 saturated carbocycles. The number of fused-ring (bicyclic) bond motifs is 4. The number of carbonyl (C=O) groups is 1. The molecule has 4 aromatic rings. The van der Waals surface area contributed by atoms with Crippen molar-refractivity contribution in [3.8, 4) is 0 Å². The summed E-state index contributed by atoms with van der Waals surface area (Å²) in [6, 6.07) is 4.61. The number of hydrogen-bond acceptors (Lipinski definition) is 3. The van der Waals surface area contributed by atoms with E-state index >= 15 is 0 Å². The van der Waals surface area contributed by atoms with E-state index in [9.17, 15) is 9.18 Å².